The van der Waals surface area contributed by atoms with Crippen LogP contribution in [-0.2, 0) is 11.6 Å². The lowest BCUT2D eigenvalue weighted by atomic mass is 10.2. The van der Waals surface area contributed by atoms with Crippen LogP contribution < -0.4 is 0 Å². The summed E-state index contributed by atoms with van der Waals surface area (Å²) in [5.41, 5.74) is 2.19. The van der Waals surface area contributed by atoms with Crippen LogP contribution in [0.3, 0.4) is 0 Å². The topological polar surface area (TPSA) is 50.3 Å². The molecule has 86 valence electrons. The predicted octanol–water partition coefficient (Wildman–Crippen LogP) is 2.47. The van der Waals surface area contributed by atoms with E-state index in [0.29, 0.717) is 5.56 Å². The molecule has 0 fully saturated rings. The lowest BCUT2D eigenvalue weighted by molar-refractivity contribution is 0.335. The minimum Gasteiger partial charge on any atom is -0.455 e. The molecule has 0 amide bonds. The first-order valence-electron chi connectivity index (χ1n) is 5.13. The molecule has 0 atom stereocenters. The van der Waals surface area contributed by atoms with Gasteiger partial charge in [-0.05, 0) is 32.6 Å². The first-order chi connectivity index (χ1) is 7.35. The zero-order valence-corrected chi connectivity index (χ0v) is 11.4. The molecule has 0 radical (unpaired) electrons. The zero-order chi connectivity index (χ0) is 12.3. The molecule has 0 aliphatic carbocycles. The van der Waals surface area contributed by atoms with Gasteiger partial charge in [-0.15, -0.1) is 5.16 Å². The van der Waals surface area contributed by atoms with Crippen LogP contribution in [0.2, 0.25) is 19.6 Å². The Bertz CT molecular complexity index is 449. The van der Waals surface area contributed by atoms with Crippen molar-refractivity contribution in [2.45, 2.75) is 26.6 Å². The van der Waals surface area contributed by atoms with Gasteiger partial charge >= 0.3 is 0 Å². The van der Waals surface area contributed by atoms with E-state index in [4.69, 9.17) is 9.79 Å². The molecule has 16 heavy (non-hydrogen) atoms. The molecule has 0 spiro atoms. The van der Waals surface area contributed by atoms with E-state index in [2.05, 4.69) is 30.9 Å². The first-order valence-corrected chi connectivity index (χ1v) is 8.54. The second-order valence-electron chi connectivity index (χ2n) is 4.68. The van der Waals surface area contributed by atoms with Crippen molar-refractivity contribution in [3.8, 4) is 6.07 Å². The molecule has 0 aromatic carbocycles. The van der Waals surface area contributed by atoms with Crippen LogP contribution in [0.1, 0.15) is 18.2 Å². The van der Waals surface area contributed by atoms with Crippen LogP contribution in [0, 0.1) is 11.3 Å². The summed E-state index contributed by atoms with van der Waals surface area (Å²) in [7, 11) is 0.235. The fourth-order valence-electron chi connectivity index (χ4n) is 1.32. The number of hydrogen-bond acceptors (Lipinski definition) is 3. The van der Waals surface area contributed by atoms with Crippen molar-refractivity contribution in [2.24, 2.45) is 12.2 Å². The van der Waals surface area contributed by atoms with E-state index in [1.807, 2.05) is 24.7 Å². The maximum atomic E-state index is 8.96. The van der Waals surface area contributed by atoms with Crippen molar-refractivity contribution in [3.63, 3.8) is 0 Å². The number of nitriles is 1. The third kappa shape index (κ3) is 2.97. The fraction of sp³-hybridized carbons (Fsp3) is 0.455. The summed E-state index contributed by atoms with van der Waals surface area (Å²) < 4.78 is 7.35. The number of rotatable bonds is 3. The summed E-state index contributed by atoms with van der Waals surface area (Å²) >= 11 is 0. The highest BCUT2D eigenvalue weighted by Gasteiger charge is 2.17. The molecule has 1 heterocycles. The first kappa shape index (κ1) is 12.5. The molecule has 1 rings (SSSR count). The van der Waals surface area contributed by atoms with E-state index in [-0.39, 0.29) is 0 Å². The van der Waals surface area contributed by atoms with Gasteiger partial charge in [0.05, 0.1) is 11.3 Å². The molecule has 0 unspecified atom stereocenters. The van der Waals surface area contributed by atoms with E-state index in [1.54, 1.807) is 6.07 Å². The largest absolute Gasteiger partial charge is 0.455 e. The number of nitrogens with zero attached hydrogens (tertiary/aromatic N) is 3. The molecule has 0 saturated carbocycles. The van der Waals surface area contributed by atoms with Gasteiger partial charge in [-0.1, -0.05) is 0 Å². The van der Waals surface area contributed by atoms with Gasteiger partial charge in [-0.3, -0.25) is 0 Å². The number of hydrogen-bond donors (Lipinski definition) is 0. The fourth-order valence-corrected chi connectivity index (χ4v) is 1.73. The van der Waals surface area contributed by atoms with Gasteiger partial charge in [0, 0.05) is 13.2 Å². The Morgan fingerprint density at radius 3 is 2.62 bits per heavy atom. The average Bonchev–Trinajstić information content (AvgIpc) is 2.55. The summed E-state index contributed by atoms with van der Waals surface area (Å²) in [5.74, 6) is 0. The maximum absolute atomic E-state index is 8.96. The van der Waals surface area contributed by atoms with Gasteiger partial charge in [-0.25, -0.2) is 0 Å². The van der Waals surface area contributed by atoms with Crippen LogP contribution in [0.5, 0.6) is 0 Å². The number of oxime groups is 1. The molecule has 4 nitrogen and oxygen atoms in total. The number of aromatic nitrogens is 1. The summed E-state index contributed by atoms with van der Waals surface area (Å²) in [4.78, 5) is 0. The number of aryl methyl sites for hydroxylation is 1. The van der Waals surface area contributed by atoms with Crippen LogP contribution >= 0.6 is 0 Å². The Labute approximate surface area is 97.3 Å². The molecule has 1 aromatic heterocycles. The third-order valence-electron chi connectivity index (χ3n) is 1.99. The van der Waals surface area contributed by atoms with E-state index in [9.17, 15) is 0 Å². The second-order valence-corrected chi connectivity index (χ2v) is 9.09. The molecule has 0 N–H and O–H groups in total. The van der Waals surface area contributed by atoms with E-state index < -0.39 is 8.32 Å². The summed E-state index contributed by atoms with van der Waals surface area (Å²) in [6.45, 7) is 8.07. The van der Waals surface area contributed by atoms with Crippen molar-refractivity contribution in [1.82, 2.24) is 4.57 Å². The Balaban J connectivity index is 3.01. The quantitative estimate of drug-likeness (QED) is 0.459. The molecule has 1 aromatic rings. The molecular formula is C11H17N3OSi. The summed E-state index contributed by atoms with van der Waals surface area (Å²) in [5, 5.41) is 13.1. The molecular weight excluding hydrogens is 218 g/mol. The van der Waals surface area contributed by atoms with Crippen LogP contribution in [-0.4, -0.2) is 18.6 Å². The molecule has 0 aliphatic rings. The van der Waals surface area contributed by atoms with Crippen molar-refractivity contribution in [3.05, 3.63) is 23.5 Å². The monoisotopic (exact) mass is 235 g/mol. The van der Waals surface area contributed by atoms with Crippen molar-refractivity contribution in [2.75, 3.05) is 0 Å². The summed E-state index contributed by atoms with van der Waals surface area (Å²) in [6, 6.07) is 3.93. The van der Waals surface area contributed by atoms with Gasteiger partial charge < -0.3 is 9.09 Å². The predicted molar refractivity (Wildman–Crippen MR) is 66.8 cm³/mol. The van der Waals surface area contributed by atoms with Gasteiger partial charge in [0.25, 0.3) is 8.32 Å². The standard InChI is InChI=1S/C11H17N3OSi/c1-9(13-15-16(3,4)5)11-10(8-12)6-7-14(11)2/h6-7H,1-5H3. The highest BCUT2D eigenvalue weighted by atomic mass is 28.4. The Hall–Kier alpha value is -1.54. The van der Waals surface area contributed by atoms with Gasteiger partial charge in [0.2, 0.25) is 0 Å². The normalized spacial score (nSPS) is 12.4. The smallest absolute Gasteiger partial charge is 0.278 e. The highest BCUT2D eigenvalue weighted by Crippen LogP contribution is 2.11. The van der Waals surface area contributed by atoms with E-state index >= 15 is 0 Å². The van der Waals surface area contributed by atoms with Gasteiger partial charge in [0.15, 0.2) is 0 Å². The van der Waals surface area contributed by atoms with Crippen LogP contribution in [0.4, 0.5) is 0 Å². The SMILES string of the molecule is CC(=NO[Si](C)(C)C)c1c(C#N)ccn1C. The molecule has 0 bridgehead atoms. The Morgan fingerprint density at radius 2 is 2.12 bits per heavy atom. The van der Waals surface area contributed by atoms with Crippen molar-refractivity contribution >= 4 is 14.0 Å². The van der Waals surface area contributed by atoms with Gasteiger partial charge in [-0.2, -0.15) is 5.26 Å². The third-order valence-corrected chi connectivity index (χ3v) is 2.63. The minimum absolute atomic E-state index is 0.628. The second kappa shape index (κ2) is 4.54. The molecule has 5 heteroatoms. The van der Waals surface area contributed by atoms with Crippen molar-refractivity contribution < 1.29 is 4.53 Å². The van der Waals surface area contributed by atoms with Gasteiger partial charge in [0.1, 0.15) is 11.8 Å². The van der Waals surface area contributed by atoms with Crippen LogP contribution in [0.25, 0.3) is 0 Å². The van der Waals surface area contributed by atoms with E-state index in [1.165, 1.54) is 0 Å². The lowest BCUT2D eigenvalue weighted by Gasteiger charge is -2.14. The van der Waals surface area contributed by atoms with E-state index in [0.717, 1.165) is 11.4 Å². The molecule has 0 aliphatic heterocycles. The maximum Gasteiger partial charge on any atom is 0.278 e. The lowest BCUT2D eigenvalue weighted by Crippen LogP contribution is -2.23. The van der Waals surface area contributed by atoms with Crippen molar-refractivity contribution in [1.29, 1.82) is 5.26 Å². The van der Waals surface area contributed by atoms with Crippen LogP contribution in [0.15, 0.2) is 17.4 Å². The Kier molecular flexibility index (Phi) is 3.55. The zero-order valence-electron chi connectivity index (χ0n) is 10.4. The summed E-state index contributed by atoms with van der Waals surface area (Å²) in [6.07, 6.45) is 1.85. The highest BCUT2D eigenvalue weighted by molar-refractivity contribution is 6.69. The molecule has 0 saturated heterocycles. The average molecular weight is 235 g/mol. The minimum atomic E-state index is -1.66. The Morgan fingerprint density at radius 1 is 1.50 bits per heavy atom.